The first kappa shape index (κ1) is 12.4. The largest absolute Gasteiger partial charge is 0.375 e. The molecule has 0 radical (unpaired) electrons. The number of benzene rings is 1. The van der Waals surface area contributed by atoms with Gasteiger partial charge in [-0.2, -0.15) is 0 Å². The summed E-state index contributed by atoms with van der Waals surface area (Å²) in [5, 5.41) is 0. The maximum Gasteiger partial charge on any atom is 0.153 e. The molecule has 0 bridgehead atoms. The minimum absolute atomic E-state index is 0.0496. The topological polar surface area (TPSA) is 21.7 Å². The van der Waals surface area contributed by atoms with Crippen molar-refractivity contribution in [2.24, 2.45) is 5.92 Å². The van der Waals surface area contributed by atoms with Crippen molar-refractivity contribution in [1.29, 1.82) is 0 Å². The van der Waals surface area contributed by atoms with Crippen LogP contribution in [0.15, 0.2) is 30.3 Å². The Morgan fingerprint density at radius 1 is 1.35 bits per heavy atom. The molecule has 0 aliphatic carbocycles. The third-order valence-electron chi connectivity index (χ3n) is 2.79. The summed E-state index contributed by atoms with van der Waals surface area (Å²) in [4.78, 5) is 2.28. The molecule has 1 heterocycles. The zero-order valence-corrected chi connectivity index (χ0v) is 10.6. The number of morpholine rings is 1. The number of anilines is 1. The summed E-state index contributed by atoms with van der Waals surface area (Å²) in [5.74, 6) is 0.551. The summed E-state index contributed by atoms with van der Waals surface area (Å²) in [6, 6.07) is 10.4. The molecule has 0 spiro atoms. The predicted octanol–water partition coefficient (Wildman–Crippen LogP) is 2.52. The molecule has 1 unspecified atom stereocenters. The Labute approximate surface area is 103 Å². The highest BCUT2D eigenvalue weighted by Gasteiger charge is 2.23. The van der Waals surface area contributed by atoms with Crippen LogP contribution < -0.4 is 4.90 Å². The molecular formula is C14H21NO2. The average Bonchev–Trinajstić information content (AvgIpc) is 2.38. The highest BCUT2D eigenvalue weighted by Crippen LogP contribution is 2.20. The van der Waals surface area contributed by atoms with Crippen LogP contribution in [0.1, 0.15) is 13.8 Å². The summed E-state index contributed by atoms with van der Waals surface area (Å²) in [6.45, 7) is 7.43. The smallest absolute Gasteiger partial charge is 0.153 e. The van der Waals surface area contributed by atoms with E-state index in [1.807, 2.05) is 6.07 Å². The van der Waals surface area contributed by atoms with Crippen LogP contribution in [0.3, 0.4) is 0 Å². The highest BCUT2D eigenvalue weighted by atomic mass is 16.5. The van der Waals surface area contributed by atoms with E-state index in [4.69, 9.17) is 9.47 Å². The molecule has 0 N–H and O–H groups in total. The van der Waals surface area contributed by atoms with Gasteiger partial charge in [0.25, 0.3) is 0 Å². The minimum atomic E-state index is 0.0496. The Morgan fingerprint density at radius 2 is 2.12 bits per heavy atom. The minimum Gasteiger partial charge on any atom is -0.375 e. The zero-order valence-electron chi connectivity index (χ0n) is 10.6. The second-order valence-electron chi connectivity index (χ2n) is 4.79. The van der Waals surface area contributed by atoms with E-state index in [1.54, 1.807) is 0 Å². The number of ether oxygens (including phenoxy) is 2. The van der Waals surface area contributed by atoms with Gasteiger partial charge in [-0.3, -0.25) is 0 Å². The molecule has 0 amide bonds. The summed E-state index contributed by atoms with van der Waals surface area (Å²) < 4.78 is 11.4. The van der Waals surface area contributed by atoms with Crippen LogP contribution in [0.5, 0.6) is 0 Å². The second kappa shape index (κ2) is 6.03. The monoisotopic (exact) mass is 235 g/mol. The maximum atomic E-state index is 5.91. The number of para-hydroxylation sites is 1. The van der Waals surface area contributed by atoms with E-state index in [1.165, 1.54) is 5.69 Å². The Balaban J connectivity index is 2.02. The molecule has 1 aliphatic rings. The van der Waals surface area contributed by atoms with Gasteiger partial charge in [-0.15, -0.1) is 0 Å². The first-order chi connectivity index (χ1) is 8.27. The molecule has 1 aromatic carbocycles. The molecule has 2 rings (SSSR count). The molecule has 3 nitrogen and oxygen atoms in total. The van der Waals surface area contributed by atoms with Gasteiger partial charge in [0.2, 0.25) is 0 Å². The standard InChI is InChI=1S/C14H21NO2/c1-12(2)10-17-14-11-16-9-8-15(14)13-6-4-3-5-7-13/h3-7,12,14H,8-11H2,1-2H3. The lowest BCUT2D eigenvalue weighted by atomic mass is 10.2. The zero-order chi connectivity index (χ0) is 12.1. The lowest BCUT2D eigenvalue weighted by Gasteiger charge is -2.37. The van der Waals surface area contributed by atoms with E-state index in [0.717, 1.165) is 19.8 Å². The van der Waals surface area contributed by atoms with Gasteiger partial charge in [-0.05, 0) is 18.1 Å². The van der Waals surface area contributed by atoms with Crippen molar-refractivity contribution in [3.63, 3.8) is 0 Å². The van der Waals surface area contributed by atoms with Crippen LogP contribution >= 0.6 is 0 Å². The molecule has 0 aromatic heterocycles. The molecule has 0 saturated carbocycles. The van der Waals surface area contributed by atoms with Crippen LogP contribution in [0.25, 0.3) is 0 Å². The molecule has 1 fully saturated rings. The fraction of sp³-hybridized carbons (Fsp3) is 0.571. The van der Waals surface area contributed by atoms with Crippen molar-refractivity contribution in [3.05, 3.63) is 30.3 Å². The molecule has 1 aromatic rings. The average molecular weight is 235 g/mol. The lowest BCUT2D eigenvalue weighted by Crippen LogP contribution is -2.47. The van der Waals surface area contributed by atoms with Crippen LogP contribution in [-0.4, -0.2) is 32.6 Å². The van der Waals surface area contributed by atoms with E-state index >= 15 is 0 Å². The van der Waals surface area contributed by atoms with Crippen LogP contribution in [0.2, 0.25) is 0 Å². The van der Waals surface area contributed by atoms with Crippen molar-refractivity contribution >= 4 is 5.69 Å². The van der Waals surface area contributed by atoms with Crippen LogP contribution in [0, 0.1) is 5.92 Å². The van der Waals surface area contributed by atoms with E-state index in [0.29, 0.717) is 12.5 Å². The normalized spacial score (nSPS) is 20.9. The van der Waals surface area contributed by atoms with Crippen LogP contribution in [0.4, 0.5) is 5.69 Å². The first-order valence-electron chi connectivity index (χ1n) is 6.28. The molecular weight excluding hydrogens is 214 g/mol. The fourth-order valence-electron chi connectivity index (χ4n) is 1.94. The summed E-state index contributed by atoms with van der Waals surface area (Å²) in [7, 11) is 0. The molecule has 3 heteroatoms. The third kappa shape index (κ3) is 3.45. The maximum absolute atomic E-state index is 5.91. The lowest BCUT2D eigenvalue weighted by molar-refractivity contribution is -0.0482. The van der Waals surface area contributed by atoms with Crippen molar-refractivity contribution in [1.82, 2.24) is 0 Å². The van der Waals surface area contributed by atoms with Gasteiger partial charge in [0.05, 0.1) is 19.8 Å². The molecule has 1 aliphatic heterocycles. The molecule has 94 valence electrons. The van der Waals surface area contributed by atoms with Crippen molar-refractivity contribution in [2.45, 2.75) is 20.1 Å². The van der Waals surface area contributed by atoms with Gasteiger partial charge in [-0.1, -0.05) is 32.0 Å². The van der Waals surface area contributed by atoms with E-state index in [-0.39, 0.29) is 6.23 Å². The van der Waals surface area contributed by atoms with Gasteiger partial charge in [0.1, 0.15) is 0 Å². The number of rotatable bonds is 4. The number of hydrogen-bond acceptors (Lipinski definition) is 3. The van der Waals surface area contributed by atoms with E-state index in [2.05, 4.69) is 43.0 Å². The number of hydrogen-bond donors (Lipinski definition) is 0. The Bertz CT molecular complexity index is 326. The highest BCUT2D eigenvalue weighted by molar-refractivity contribution is 5.46. The number of nitrogens with zero attached hydrogens (tertiary/aromatic N) is 1. The summed E-state index contributed by atoms with van der Waals surface area (Å²) >= 11 is 0. The first-order valence-corrected chi connectivity index (χ1v) is 6.28. The van der Waals surface area contributed by atoms with Gasteiger partial charge < -0.3 is 14.4 Å². The summed E-state index contributed by atoms with van der Waals surface area (Å²) in [6.07, 6.45) is 0.0496. The van der Waals surface area contributed by atoms with E-state index in [9.17, 15) is 0 Å². The van der Waals surface area contributed by atoms with Gasteiger partial charge >= 0.3 is 0 Å². The van der Waals surface area contributed by atoms with Gasteiger partial charge in [-0.25, -0.2) is 0 Å². The van der Waals surface area contributed by atoms with E-state index < -0.39 is 0 Å². The predicted molar refractivity (Wildman–Crippen MR) is 69.2 cm³/mol. The Kier molecular flexibility index (Phi) is 4.40. The third-order valence-corrected chi connectivity index (χ3v) is 2.79. The SMILES string of the molecule is CC(C)COC1COCCN1c1ccccc1. The van der Waals surface area contributed by atoms with Gasteiger partial charge in [0, 0.05) is 12.2 Å². The fourth-order valence-corrected chi connectivity index (χ4v) is 1.94. The van der Waals surface area contributed by atoms with Crippen molar-refractivity contribution < 1.29 is 9.47 Å². The Morgan fingerprint density at radius 3 is 2.82 bits per heavy atom. The second-order valence-corrected chi connectivity index (χ2v) is 4.79. The molecule has 1 saturated heterocycles. The molecule has 1 atom stereocenters. The van der Waals surface area contributed by atoms with Crippen molar-refractivity contribution in [3.8, 4) is 0 Å². The Hall–Kier alpha value is -1.06. The van der Waals surface area contributed by atoms with Crippen LogP contribution in [-0.2, 0) is 9.47 Å². The molecule has 17 heavy (non-hydrogen) atoms. The quantitative estimate of drug-likeness (QED) is 0.800. The van der Waals surface area contributed by atoms with Gasteiger partial charge in [0.15, 0.2) is 6.23 Å². The van der Waals surface area contributed by atoms with Crippen molar-refractivity contribution in [2.75, 3.05) is 31.3 Å². The summed E-state index contributed by atoms with van der Waals surface area (Å²) in [5.41, 5.74) is 1.21.